The Morgan fingerprint density at radius 3 is 2.31 bits per heavy atom. The van der Waals surface area contributed by atoms with Gasteiger partial charge in [-0.2, -0.15) is 4.31 Å². The zero-order chi connectivity index (χ0) is 20.1. The summed E-state index contributed by atoms with van der Waals surface area (Å²) < 4.78 is 29.1. The van der Waals surface area contributed by atoms with Crippen molar-refractivity contribution in [2.75, 3.05) is 13.1 Å². The van der Waals surface area contributed by atoms with Crippen LogP contribution >= 0.6 is 0 Å². The van der Waals surface area contributed by atoms with Gasteiger partial charge in [0.2, 0.25) is 10.0 Å². The molecule has 0 atom stereocenters. The van der Waals surface area contributed by atoms with E-state index in [4.69, 9.17) is 0 Å². The third-order valence-corrected chi connectivity index (χ3v) is 6.93. The van der Waals surface area contributed by atoms with E-state index in [2.05, 4.69) is 21.7 Å². The standard InChI is InChI=1S/C23H25N3O2S/c27-29(28,18-13-20-7-3-1-4-8-20)26-15-11-21(12-16-26)19-25-17-14-24-23(25)22-9-5-2-6-10-22/h1-10,13-14,17-18,21H,11-12,15-16,19H2/b18-13+. The molecule has 4 rings (SSSR count). The Labute approximate surface area is 172 Å². The van der Waals surface area contributed by atoms with Crippen LogP contribution in [0.1, 0.15) is 18.4 Å². The first-order valence-corrected chi connectivity index (χ1v) is 11.4. The third-order valence-electron chi connectivity index (χ3n) is 5.37. The third kappa shape index (κ3) is 4.83. The van der Waals surface area contributed by atoms with Crippen molar-refractivity contribution in [2.45, 2.75) is 19.4 Å². The summed E-state index contributed by atoms with van der Waals surface area (Å²) in [6.07, 6.45) is 7.21. The van der Waals surface area contributed by atoms with Gasteiger partial charge in [0, 0.05) is 43.0 Å². The Morgan fingerprint density at radius 1 is 0.966 bits per heavy atom. The number of benzene rings is 2. The van der Waals surface area contributed by atoms with Crippen LogP contribution in [-0.4, -0.2) is 35.4 Å². The van der Waals surface area contributed by atoms with Crippen molar-refractivity contribution in [2.24, 2.45) is 5.92 Å². The molecule has 2 aromatic carbocycles. The van der Waals surface area contributed by atoms with Crippen LogP contribution in [-0.2, 0) is 16.6 Å². The summed E-state index contributed by atoms with van der Waals surface area (Å²) in [7, 11) is -3.38. The quantitative estimate of drug-likeness (QED) is 0.613. The SMILES string of the molecule is O=S(=O)(/C=C/c1ccccc1)N1CCC(Cn2ccnc2-c2ccccc2)CC1. The van der Waals surface area contributed by atoms with Crippen LogP contribution < -0.4 is 0 Å². The van der Waals surface area contributed by atoms with Gasteiger partial charge < -0.3 is 4.57 Å². The molecular formula is C23H25N3O2S. The van der Waals surface area contributed by atoms with E-state index in [1.54, 1.807) is 10.4 Å². The highest BCUT2D eigenvalue weighted by Crippen LogP contribution is 2.25. The lowest BCUT2D eigenvalue weighted by Crippen LogP contribution is -2.38. The van der Waals surface area contributed by atoms with Crippen LogP contribution in [0.3, 0.4) is 0 Å². The molecule has 1 saturated heterocycles. The molecule has 0 radical (unpaired) electrons. The van der Waals surface area contributed by atoms with E-state index in [0.717, 1.165) is 36.3 Å². The second-order valence-electron chi connectivity index (χ2n) is 7.37. The maximum atomic E-state index is 12.6. The van der Waals surface area contributed by atoms with E-state index in [9.17, 15) is 8.42 Å². The second-order valence-corrected chi connectivity index (χ2v) is 9.19. The summed E-state index contributed by atoms with van der Waals surface area (Å²) in [6.45, 7) is 1.97. The van der Waals surface area contributed by atoms with E-state index >= 15 is 0 Å². The summed E-state index contributed by atoms with van der Waals surface area (Å²) >= 11 is 0. The Kier molecular flexibility index (Phi) is 5.92. The highest BCUT2D eigenvalue weighted by molar-refractivity contribution is 7.92. The molecule has 3 aromatic rings. The number of aromatic nitrogens is 2. The van der Waals surface area contributed by atoms with Gasteiger partial charge in [-0.15, -0.1) is 0 Å². The average molecular weight is 408 g/mol. The van der Waals surface area contributed by atoms with Crippen molar-refractivity contribution < 1.29 is 8.42 Å². The van der Waals surface area contributed by atoms with E-state index in [0.29, 0.717) is 19.0 Å². The first kappa shape index (κ1) is 19.6. The minimum Gasteiger partial charge on any atom is -0.331 e. The van der Waals surface area contributed by atoms with Gasteiger partial charge >= 0.3 is 0 Å². The van der Waals surface area contributed by atoms with Crippen LogP contribution in [0.15, 0.2) is 78.5 Å². The highest BCUT2D eigenvalue weighted by Gasteiger charge is 2.26. The molecule has 0 aliphatic carbocycles. The van der Waals surface area contributed by atoms with Crippen molar-refractivity contribution in [3.8, 4) is 11.4 Å². The fraction of sp³-hybridized carbons (Fsp3) is 0.261. The molecule has 0 N–H and O–H groups in total. The van der Waals surface area contributed by atoms with Crippen LogP contribution in [0.4, 0.5) is 0 Å². The number of imidazole rings is 1. The van der Waals surface area contributed by atoms with E-state index in [-0.39, 0.29) is 0 Å². The van der Waals surface area contributed by atoms with Crippen molar-refractivity contribution >= 4 is 16.1 Å². The zero-order valence-corrected chi connectivity index (χ0v) is 17.1. The normalized spacial score (nSPS) is 16.4. The molecule has 0 spiro atoms. The smallest absolute Gasteiger partial charge is 0.236 e. The van der Waals surface area contributed by atoms with Gasteiger partial charge in [-0.25, -0.2) is 13.4 Å². The molecule has 0 unspecified atom stereocenters. The molecular weight excluding hydrogens is 382 g/mol. The first-order chi connectivity index (χ1) is 14.1. The van der Waals surface area contributed by atoms with Crippen LogP contribution in [0.2, 0.25) is 0 Å². The summed E-state index contributed by atoms with van der Waals surface area (Å²) in [5.41, 5.74) is 1.99. The Hall–Kier alpha value is -2.70. The van der Waals surface area contributed by atoms with Gasteiger partial charge in [0.25, 0.3) is 0 Å². The van der Waals surface area contributed by atoms with Crippen LogP contribution in [0.25, 0.3) is 17.5 Å². The molecule has 1 aliphatic rings. The number of sulfonamides is 1. The number of piperidine rings is 1. The zero-order valence-electron chi connectivity index (χ0n) is 16.3. The molecule has 6 heteroatoms. The number of hydrogen-bond acceptors (Lipinski definition) is 3. The Balaban J connectivity index is 1.37. The second kappa shape index (κ2) is 8.76. The summed E-state index contributed by atoms with van der Waals surface area (Å²) in [6, 6.07) is 19.7. The largest absolute Gasteiger partial charge is 0.331 e. The van der Waals surface area contributed by atoms with E-state index < -0.39 is 10.0 Å². The minimum absolute atomic E-state index is 0.441. The lowest BCUT2D eigenvalue weighted by molar-refractivity contribution is 0.255. The van der Waals surface area contributed by atoms with Gasteiger partial charge in [0.05, 0.1) is 0 Å². The molecule has 0 bridgehead atoms. The molecule has 0 saturated carbocycles. The molecule has 5 nitrogen and oxygen atoms in total. The van der Waals surface area contributed by atoms with Gasteiger partial charge in [-0.05, 0) is 30.4 Å². The number of nitrogens with zero attached hydrogens (tertiary/aromatic N) is 3. The highest BCUT2D eigenvalue weighted by atomic mass is 32.2. The molecule has 1 aliphatic heterocycles. The summed E-state index contributed by atoms with van der Waals surface area (Å²) in [4.78, 5) is 4.51. The maximum absolute atomic E-state index is 12.6. The van der Waals surface area contributed by atoms with Crippen LogP contribution in [0, 0.1) is 5.92 Å². The molecule has 29 heavy (non-hydrogen) atoms. The molecule has 0 amide bonds. The van der Waals surface area contributed by atoms with Crippen LogP contribution in [0.5, 0.6) is 0 Å². The van der Waals surface area contributed by atoms with Gasteiger partial charge in [-0.1, -0.05) is 60.7 Å². The summed E-state index contributed by atoms with van der Waals surface area (Å²) in [5, 5.41) is 1.33. The Morgan fingerprint density at radius 2 is 1.62 bits per heavy atom. The molecule has 2 heterocycles. The molecule has 150 valence electrons. The van der Waals surface area contributed by atoms with Crippen molar-refractivity contribution in [3.63, 3.8) is 0 Å². The topological polar surface area (TPSA) is 55.2 Å². The monoisotopic (exact) mass is 407 g/mol. The Bertz CT molecular complexity index is 1050. The fourth-order valence-electron chi connectivity index (χ4n) is 3.74. The predicted molar refractivity (Wildman–Crippen MR) is 116 cm³/mol. The van der Waals surface area contributed by atoms with E-state index in [1.165, 1.54) is 5.41 Å². The van der Waals surface area contributed by atoms with Crippen molar-refractivity contribution in [1.29, 1.82) is 0 Å². The van der Waals surface area contributed by atoms with Gasteiger partial charge in [-0.3, -0.25) is 0 Å². The number of hydrogen-bond donors (Lipinski definition) is 0. The predicted octanol–water partition coefficient (Wildman–Crippen LogP) is 4.26. The van der Waals surface area contributed by atoms with E-state index in [1.807, 2.05) is 60.9 Å². The first-order valence-electron chi connectivity index (χ1n) is 9.92. The summed E-state index contributed by atoms with van der Waals surface area (Å²) in [5.74, 6) is 1.41. The molecule has 1 fully saturated rings. The lowest BCUT2D eigenvalue weighted by atomic mass is 9.98. The molecule has 1 aromatic heterocycles. The number of rotatable bonds is 6. The maximum Gasteiger partial charge on any atom is 0.236 e. The van der Waals surface area contributed by atoms with Gasteiger partial charge in [0.1, 0.15) is 5.82 Å². The lowest BCUT2D eigenvalue weighted by Gasteiger charge is -2.30. The van der Waals surface area contributed by atoms with Gasteiger partial charge in [0.15, 0.2) is 0 Å². The van der Waals surface area contributed by atoms with Crippen molar-refractivity contribution in [1.82, 2.24) is 13.9 Å². The van der Waals surface area contributed by atoms with Crippen molar-refractivity contribution in [3.05, 3.63) is 84.0 Å². The fourth-order valence-corrected chi connectivity index (χ4v) is 4.96. The average Bonchev–Trinajstić information content (AvgIpc) is 3.22. The minimum atomic E-state index is -3.38.